The maximum Gasteiger partial charge on any atom is 0.332 e. The van der Waals surface area contributed by atoms with E-state index < -0.39 is 0 Å². The highest BCUT2D eigenvalue weighted by Gasteiger charge is 2.27. The fourth-order valence-corrected chi connectivity index (χ4v) is 3.62. The Morgan fingerprint density at radius 2 is 1.79 bits per heavy atom. The SMILES string of the molecule is CC(C)c1ccc(NC(=O)[C@@H]2CCCN(c3cc(=O)n(C)c(=O)n3C)C2)cc1. The van der Waals surface area contributed by atoms with Gasteiger partial charge in [0.15, 0.2) is 0 Å². The van der Waals surface area contributed by atoms with Gasteiger partial charge in [-0.15, -0.1) is 0 Å². The number of hydrogen-bond acceptors (Lipinski definition) is 4. The highest BCUT2D eigenvalue weighted by atomic mass is 16.2. The smallest absolute Gasteiger partial charge is 0.332 e. The molecular weight excluding hydrogens is 356 g/mol. The summed E-state index contributed by atoms with van der Waals surface area (Å²) in [5.41, 5.74) is 1.31. The fraction of sp³-hybridized carbons (Fsp3) is 0.476. The third-order valence-electron chi connectivity index (χ3n) is 5.46. The number of nitrogens with one attached hydrogen (secondary N) is 1. The molecule has 1 aliphatic rings. The molecule has 28 heavy (non-hydrogen) atoms. The number of piperidine rings is 1. The number of anilines is 2. The molecule has 1 aromatic carbocycles. The van der Waals surface area contributed by atoms with Crippen molar-refractivity contribution < 1.29 is 4.79 Å². The Kier molecular flexibility index (Phi) is 5.72. The molecule has 2 aromatic rings. The molecule has 1 saturated heterocycles. The predicted octanol–water partition coefficient (Wildman–Crippen LogP) is 2.06. The second-order valence-corrected chi connectivity index (χ2v) is 7.79. The molecule has 7 heteroatoms. The number of carbonyl (C=O) groups excluding carboxylic acids is 1. The number of carbonyl (C=O) groups is 1. The lowest BCUT2D eigenvalue weighted by Gasteiger charge is -2.34. The quantitative estimate of drug-likeness (QED) is 0.875. The zero-order valence-corrected chi connectivity index (χ0v) is 16.9. The van der Waals surface area contributed by atoms with E-state index in [1.54, 1.807) is 7.05 Å². The summed E-state index contributed by atoms with van der Waals surface area (Å²) < 4.78 is 2.55. The molecule has 7 nitrogen and oxygen atoms in total. The molecule has 0 spiro atoms. The third-order valence-corrected chi connectivity index (χ3v) is 5.46. The topological polar surface area (TPSA) is 76.3 Å². The normalized spacial score (nSPS) is 17.0. The van der Waals surface area contributed by atoms with E-state index in [1.165, 1.54) is 23.2 Å². The van der Waals surface area contributed by atoms with Crippen molar-refractivity contribution in [3.05, 3.63) is 56.7 Å². The molecule has 1 fully saturated rings. The Morgan fingerprint density at radius 1 is 1.11 bits per heavy atom. The summed E-state index contributed by atoms with van der Waals surface area (Å²) in [4.78, 5) is 39.0. The first-order chi connectivity index (χ1) is 13.3. The highest BCUT2D eigenvalue weighted by Crippen LogP contribution is 2.23. The first kappa shape index (κ1) is 19.9. The highest BCUT2D eigenvalue weighted by molar-refractivity contribution is 5.93. The number of aromatic nitrogens is 2. The Labute approximate surface area is 164 Å². The summed E-state index contributed by atoms with van der Waals surface area (Å²) in [5.74, 6) is 0.780. The summed E-state index contributed by atoms with van der Waals surface area (Å²) in [5, 5.41) is 3.00. The predicted molar refractivity (Wildman–Crippen MR) is 111 cm³/mol. The molecule has 0 saturated carbocycles. The minimum Gasteiger partial charge on any atom is -0.357 e. The van der Waals surface area contributed by atoms with Crippen molar-refractivity contribution in [3.8, 4) is 0 Å². The Hall–Kier alpha value is -2.83. The van der Waals surface area contributed by atoms with E-state index in [2.05, 4.69) is 19.2 Å². The van der Waals surface area contributed by atoms with Gasteiger partial charge in [0, 0.05) is 38.9 Å². The number of benzene rings is 1. The number of hydrogen-bond donors (Lipinski definition) is 1. The second-order valence-electron chi connectivity index (χ2n) is 7.79. The van der Waals surface area contributed by atoms with Crippen molar-refractivity contribution in [3.63, 3.8) is 0 Å². The maximum absolute atomic E-state index is 12.8. The molecule has 0 unspecified atom stereocenters. The van der Waals surface area contributed by atoms with Crippen molar-refractivity contribution >= 4 is 17.4 Å². The van der Waals surface area contributed by atoms with Gasteiger partial charge in [0.05, 0.1) is 5.92 Å². The van der Waals surface area contributed by atoms with Gasteiger partial charge in [-0.1, -0.05) is 26.0 Å². The lowest BCUT2D eigenvalue weighted by molar-refractivity contribution is -0.120. The lowest BCUT2D eigenvalue weighted by Crippen LogP contribution is -2.45. The van der Waals surface area contributed by atoms with E-state index in [0.717, 1.165) is 23.1 Å². The first-order valence-electron chi connectivity index (χ1n) is 9.70. The van der Waals surface area contributed by atoms with Crippen LogP contribution in [0.15, 0.2) is 39.9 Å². The Bertz CT molecular complexity index is 973. The van der Waals surface area contributed by atoms with Crippen LogP contribution >= 0.6 is 0 Å². The van der Waals surface area contributed by atoms with E-state index in [4.69, 9.17) is 0 Å². The summed E-state index contributed by atoms with van der Waals surface area (Å²) in [6, 6.07) is 9.38. The van der Waals surface area contributed by atoms with E-state index in [1.807, 2.05) is 29.2 Å². The van der Waals surface area contributed by atoms with Gasteiger partial charge in [0.25, 0.3) is 5.56 Å². The molecular formula is C21H28N4O3. The van der Waals surface area contributed by atoms with Crippen LogP contribution in [-0.4, -0.2) is 28.1 Å². The molecule has 1 atom stereocenters. The summed E-state index contributed by atoms with van der Waals surface area (Å²) >= 11 is 0. The van der Waals surface area contributed by atoms with Gasteiger partial charge in [-0.05, 0) is 36.5 Å². The van der Waals surface area contributed by atoms with Crippen LogP contribution in [-0.2, 0) is 18.9 Å². The van der Waals surface area contributed by atoms with E-state index in [-0.39, 0.29) is 23.1 Å². The van der Waals surface area contributed by atoms with E-state index in [9.17, 15) is 14.4 Å². The molecule has 1 aromatic heterocycles. The van der Waals surface area contributed by atoms with Crippen molar-refractivity contribution in [2.24, 2.45) is 20.0 Å². The third kappa shape index (κ3) is 4.03. The Balaban J connectivity index is 1.74. The number of nitrogens with zero attached hydrogens (tertiary/aromatic N) is 3. The molecule has 150 valence electrons. The molecule has 0 aliphatic carbocycles. The van der Waals surface area contributed by atoms with Crippen LogP contribution in [0.5, 0.6) is 0 Å². The van der Waals surface area contributed by atoms with Crippen molar-refractivity contribution in [2.75, 3.05) is 23.3 Å². The van der Waals surface area contributed by atoms with Crippen LogP contribution in [0.1, 0.15) is 38.2 Å². The van der Waals surface area contributed by atoms with Gasteiger partial charge in [0.1, 0.15) is 5.82 Å². The average Bonchev–Trinajstić information content (AvgIpc) is 2.69. The summed E-state index contributed by atoms with van der Waals surface area (Å²) in [6.45, 7) is 5.46. The van der Waals surface area contributed by atoms with Gasteiger partial charge in [0.2, 0.25) is 5.91 Å². The molecule has 2 heterocycles. The monoisotopic (exact) mass is 384 g/mol. The van der Waals surface area contributed by atoms with Gasteiger partial charge in [-0.2, -0.15) is 0 Å². The molecule has 0 radical (unpaired) electrons. The van der Waals surface area contributed by atoms with Gasteiger partial charge >= 0.3 is 5.69 Å². The van der Waals surface area contributed by atoms with Crippen LogP contribution in [0, 0.1) is 5.92 Å². The largest absolute Gasteiger partial charge is 0.357 e. The molecule has 1 aliphatic heterocycles. The van der Waals surface area contributed by atoms with Crippen LogP contribution in [0.4, 0.5) is 11.5 Å². The van der Waals surface area contributed by atoms with Crippen LogP contribution < -0.4 is 21.5 Å². The minimum atomic E-state index is -0.362. The first-order valence-corrected chi connectivity index (χ1v) is 9.70. The molecule has 1 amide bonds. The number of amides is 1. The zero-order chi connectivity index (χ0) is 20.4. The second kappa shape index (κ2) is 8.04. The molecule has 3 rings (SSSR count). The molecule has 0 bridgehead atoms. The fourth-order valence-electron chi connectivity index (χ4n) is 3.62. The van der Waals surface area contributed by atoms with Gasteiger partial charge < -0.3 is 10.2 Å². The van der Waals surface area contributed by atoms with Gasteiger partial charge in [-0.25, -0.2) is 4.79 Å². The van der Waals surface area contributed by atoms with Gasteiger partial charge in [-0.3, -0.25) is 18.7 Å². The average molecular weight is 384 g/mol. The van der Waals surface area contributed by atoms with Crippen molar-refractivity contribution in [2.45, 2.75) is 32.6 Å². The van der Waals surface area contributed by atoms with Crippen molar-refractivity contribution in [1.29, 1.82) is 0 Å². The Morgan fingerprint density at radius 3 is 2.43 bits per heavy atom. The van der Waals surface area contributed by atoms with E-state index in [0.29, 0.717) is 24.8 Å². The minimum absolute atomic E-state index is 0.0316. The summed E-state index contributed by atoms with van der Waals surface area (Å²) in [6.07, 6.45) is 1.61. The van der Waals surface area contributed by atoms with Crippen LogP contribution in [0.2, 0.25) is 0 Å². The maximum atomic E-state index is 12.8. The number of rotatable bonds is 4. The van der Waals surface area contributed by atoms with Crippen LogP contribution in [0.3, 0.4) is 0 Å². The molecule has 1 N–H and O–H groups in total. The lowest BCUT2D eigenvalue weighted by atomic mass is 9.96. The van der Waals surface area contributed by atoms with Crippen LogP contribution in [0.25, 0.3) is 0 Å². The van der Waals surface area contributed by atoms with Crippen molar-refractivity contribution in [1.82, 2.24) is 9.13 Å². The van der Waals surface area contributed by atoms with E-state index >= 15 is 0 Å². The zero-order valence-electron chi connectivity index (χ0n) is 16.9. The summed E-state index contributed by atoms with van der Waals surface area (Å²) in [7, 11) is 3.11. The standard InChI is InChI=1S/C21H28N4O3/c1-14(2)15-7-9-17(10-8-15)22-20(27)16-6-5-11-25(13-16)18-12-19(26)24(4)21(28)23(18)3/h7-10,12,14,16H,5-6,11,13H2,1-4H3,(H,22,27)/t16-/m1/s1.